The van der Waals surface area contributed by atoms with E-state index in [-0.39, 0.29) is 37.8 Å². The van der Waals surface area contributed by atoms with Crippen LogP contribution in [0.2, 0.25) is 0 Å². The summed E-state index contributed by atoms with van der Waals surface area (Å²) in [6, 6.07) is 12.6. The fourth-order valence-electron chi connectivity index (χ4n) is 2.81. The van der Waals surface area contributed by atoms with Crippen LogP contribution in [-0.2, 0) is 14.8 Å². The highest BCUT2D eigenvalue weighted by molar-refractivity contribution is 8.00. The van der Waals surface area contributed by atoms with Crippen molar-refractivity contribution in [2.45, 2.75) is 4.90 Å². The fraction of sp³-hybridized carbons (Fsp3) is 0.250. The van der Waals surface area contributed by atoms with Gasteiger partial charge in [0.2, 0.25) is 15.9 Å². The van der Waals surface area contributed by atoms with Crippen molar-refractivity contribution in [3.63, 3.8) is 0 Å². The Morgan fingerprint density at radius 1 is 1.00 bits per heavy atom. The zero-order valence-corrected chi connectivity index (χ0v) is 17.1. The predicted octanol–water partition coefficient (Wildman–Crippen LogP) is 3.20. The van der Waals surface area contributed by atoms with E-state index in [2.05, 4.69) is 0 Å². The van der Waals surface area contributed by atoms with Crippen molar-refractivity contribution in [2.75, 3.05) is 31.9 Å². The lowest BCUT2D eigenvalue weighted by molar-refractivity contribution is -0.129. The number of sulfonamides is 1. The van der Waals surface area contributed by atoms with Gasteiger partial charge < -0.3 is 4.90 Å². The Morgan fingerprint density at radius 2 is 1.69 bits per heavy atom. The van der Waals surface area contributed by atoms with Crippen LogP contribution in [0.3, 0.4) is 0 Å². The highest BCUT2D eigenvalue weighted by Crippen LogP contribution is 2.21. The summed E-state index contributed by atoms with van der Waals surface area (Å²) in [6.07, 6.45) is 1.55. The van der Waals surface area contributed by atoms with Crippen molar-refractivity contribution in [1.82, 2.24) is 9.21 Å². The van der Waals surface area contributed by atoms with Crippen molar-refractivity contribution in [3.05, 3.63) is 71.1 Å². The predicted molar refractivity (Wildman–Crippen MR) is 110 cm³/mol. The van der Waals surface area contributed by atoms with E-state index < -0.39 is 21.7 Å². The Kier molecular flexibility index (Phi) is 7.05. The molecule has 0 unspecified atom stereocenters. The molecule has 0 bridgehead atoms. The number of carbonyl (C=O) groups excluding carboxylic acids is 1. The third-order valence-electron chi connectivity index (χ3n) is 4.44. The Morgan fingerprint density at radius 3 is 2.34 bits per heavy atom. The van der Waals surface area contributed by atoms with Gasteiger partial charge in [-0.3, -0.25) is 4.79 Å². The number of carbonyl (C=O) groups is 1. The number of piperazine rings is 1. The summed E-state index contributed by atoms with van der Waals surface area (Å²) in [7, 11) is -3.56. The second-order valence-electron chi connectivity index (χ2n) is 6.40. The number of thioether (sulfide) groups is 1. The first-order chi connectivity index (χ1) is 13.8. The number of nitrogens with zero attached hydrogens (tertiary/aromatic N) is 2. The summed E-state index contributed by atoms with van der Waals surface area (Å²) in [4.78, 5) is 14.4. The average Bonchev–Trinajstić information content (AvgIpc) is 2.74. The topological polar surface area (TPSA) is 57.7 Å². The van der Waals surface area contributed by atoms with Gasteiger partial charge in [0.1, 0.15) is 0 Å². The second kappa shape index (κ2) is 9.51. The molecule has 2 aromatic rings. The molecule has 1 aliphatic heterocycles. The van der Waals surface area contributed by atoms with Gasteiger partial charge in [0.05, 0.1) is 5.75 Å². The van der Waals surface area contributed by atoms with Crippen molar-refractivity contribution in [1.29, 1.82) is 0 Å². The largest absolute Gasteiger partial charge is 0.339 e. The van der Waals surface area contributed by atoms with Gasteiger partial charge >= 0.3 is 0 Å². The van der Waals surface area contributed by atoms with E-state index in [1.165, 1.54) is 15.8 Å². The van der Waals surface area contributed by atoms with Gasteiger partial charge in [-0.25, -0.2) is 17.2 Å². The SMILES string of the molecule is O=C(CSc1ccc(F)c(F)c1)N1CCN(S(=O)(=O)/C=C/c2ccccc2)CC1. The normalized spacial score (nSPS) is 15.7. The molecular formula is C20H20F2N2O3S2. The summed E-state index contributed by atoms with van der Waals surface area (Å²) >= 11 is 1.12. The molecule has 0 aromatic heterocycles. The molecule has 0 saturated carbocycles. The molecule has 1 aliphatic rings. The minimum atomic E-state index is -3.56. The maximum absolute atomic E-state index is 13.2. The van der Waals surface area contributed by atoms with Crippen LogP contribution in [0.5, 0.6) is 0 Å². The molecule has 0 radical (unpaired) electrons. The van der Waals surface area contributed by atoms with Gasteiger partial charge in [-0.1, -0.05) is 30.3 Å². The van der Waals surface area contributed by atoms with E-state index in [0.29, 0.717) is 4.90 Å². The van der Waals surface area contributed by atoms with Gasteiger partial charge in [0.25, 0.3) is 0 Å². The lowest BCUT2D eigenvalue weighted by atomic mass is 10.2. The molecule has 154 valence electrons. The van der Waals surface area contributed by atoms with Gasteiger partial charge in [0, 0.05) is 36.5 Å². The van der Waals surface area contributed by atoms with Crippen LogP contribution in [0.1, 0.15) is 5.56 Å². The Hall–Kier alpha value is -2.23. The first-order valence-electron chi connectivity index (χ1n) is 8.94. The van der Waals surface area contributed by atoms with E-state index in [9.17, 15) is 22.0 Å². The number of benzene rings is 2. The molecule has 2 aromatic carbocycles. The summed E-state index contributed by atoms with van der Waals surface area (Å²) in [5, 5.41) is 1.18. The molecule has 3 rings (SSSR count). The molecule has 1 fully saturated rings. The third kappa shape index (κ3) is 5.88. The highest BCUT2D eigenvalue weighted by atomic mass is 32.2. The average molecular weight is 439 g/mol. The third-order valence-corrected chi connectivity index (χ3v) is 6.98. The van der Waals surface area contributed by atoms with Crippen LogP contribution in [-0.4, -0.2) is 55.5 Å². The van der Waals surface area contributed by atoms with E-state index in [0.717, 1.165) is 29.5 Å². The quantitative estimate of drug-likeness (QED) is 0.650. The molecule has 29 heavy (non-hydrogen) atoms. The molecular weight excluding hydrogens is 418 g/mol. The molecule has 1 heterocycles. The molecule has 0 spiro atoms. The van der Waals surface area contributed by atoms with E-state index in [1.807, 2.05) is 30.3 Å². The maximum atomic E-state index is 13.2. The van der Waals surface area contributed by atoms with Crippen LogP contribution in [0.15, 0.2) is 58.8 Å². The maximum Gasteiger partial charge on any atom is 0.236 e. The van der Waals surface area contributed by atoms with Crippen LogP contribution in [0, 0.1) is 11.6 Å². The van der Waals surface area contributed by atoms with Crippen molar-refractivity contribution in [2.24, 2.45) is 0 Å². The zero-order chi connectivity index (χ0) is 20.9. The number of hydrogen-bond acceptors (Lipinski definition) is 4. The van der Waals surface area contributed by atoms with Crippen LogP contribution in [0.25, 0.3) is 6.08 Å². The zero-order valence-electron chi connectivity index (χ0n) is 15.5. The van der Waals surface area contributed by atoms with Gasteiger partial charge in [0.15, 0.2) is 11.6 Å². The molecule has 0 atom stereocenters. The molecule has 5 nitrogen and oxygen atoms in total. The number of rotatable bonds is 6. The first kappa shape index (κ1) is 21.5. The van der Waals surface area contributed by atoms with Crippen LogP contribution >= 0.6 is 11.8 Å². The van der Waals surface area contributed by atoms with Gasteiger partial charge in [-0.05, 0) is 29.8 Å². The summed E-state index contributed by atoms with van der Waals surface area (Å²) in [6.45, 7) is 0.997. The number of hydrogen-bond donors (Lipinski definition) is 0. The summed E-state index contributed by atoms with van der Waals surface area (Å²) < 4.78 is 52.5. The Bertz CT molecular complexity index is 990. The van der Waals surface area contributed by atoms with Gasteiger partial charge in [-0.15, -0.1) is 11.8 Å². The minimum absolute atomic E-state index is 0.0751. The van der Waals surface area contributed by atoms with Crippen LogP contribution < -0.4 is 0 Å². The van der Waals surface area contributed by atoms with E-state index >= 15 is 0 Å². The van der Waals surface area contributed by atoms with E-state index in [4.69, 9.17) is 0 Å². The van der Waals surface area contributed by atoms with Crippen molar-refractivity contribution in [3.8, 4) is 0 Å². The second-order valence-corrected chi connectivity index (χ2v) is 9.27. The molecule has 0 N–H and O–H groups in total. The lowest BCUT2D eigenvalue weighted by Gasteiger charge is -2.33. The summed E-state index contributed by atoms with van der Waals surface area (Å²) in [5.41, 5.74) is 0.791. The fourth-order valence-corrected chi connectivity index (χ4v) is 4.81. The summed E-state index contributed by atoms with van der Waals surface area (Å²) in [5.74, 6) is -1.98. The smallest absolute Gasteiger partial charge is 0.236 e. The number of amides is 1. The molecule has 1 saturated heterocycles. The Labute approximate surface area is 173 Å². The standard InChI is InChI=1S/C20H20F2N2O3S2/c21-18-7-6-17(14-19(18)22)28-15-20(25)23-9-11-24(12-10-23)29(26,27)13-8-16-4-2-1-3-5-16/h1-8,13-14H,9-12,15H2/b13-8+. The minimum Gasteiger partial charge on any atom is -0.339 e. The van der Waals surface area contributed by atoms with Crippen molar-refractivity contribution < 1.29 is 22.0 Å². The van der Waals surface area contributed by atoms with Crippen molar-refractivity contribution >= 4 is 33.8 Å². The first-order valence-corrected chi connectivity index (χ1v) is 11.4. The molecule has 9 heteroatoms. The monoisotopic (exact) mass is 438 g/mol. The highest BCUT2D eigenvalue weighted by Gasteiger charge is 2.27. The van der Waals surface area contributed by atoms with Gasteiger partial charge in [-0.2, -0.15) is 4.31 Å². The Balaban J connectivity index is 1.50. The van der Waals surface area contributed by atoms with E-state index in [1.54, 1.807) is 11.0 Å². The molecule has 0 aliphatic carbocycles. The molecule has 1 amide bonds. The van der Waals surface area contributed by atoms with Crippen LogP contribution in [0.4, 0.5) is 8.78 Å². The lowest BCUT2D eigenvalue weighted by Crippen LogP contribution is -2.50. The number of halogens is 2.